The number of piperidine rings is 1. The lowest BCUT2D eigenvalue weighted by atomic mass is 9.94. The molecule has 0 radical (unpaired) electrons. The summed E-state index contributed by atoms with van der Waals surface area (Å²) in [5, 5.41) is 3.90. The Morgan fingerprint density at radius 2 is 2.58 bits per heavy atom. The molecule has 0 bridgehead atoms. The van der Waals surface area contributed by atoms with Crippen molar-refractivity contribution in [3.05, 3.63) is 0 Å². The minimum atomic E-state index is -0.234. The molecule has 0 spiro atoms. The van der Waals surface area contributed by atoms with Crippen LogP contribution >= 0.6 is 0 Å². The molecule has 12 heavy (non-hydrogen) atoms. The predicted octanol–water partition coefficient (Wildman–Crippen LogP) is -0.944. The maximum atomic E-state index is 11.0. The Kier molecular flexibility index (Phi) is 1.64. The van der Waals surface area contributed by atoms with Crippen LogP contribution in [-0.4, -0.2) is 29.9 Å². The molecule has 2 unspecified atom stereocenters. The zero-order valence-electron chi connectivity index (χ0n) is 6.73. The van der Waals surface area contributed by atoms with Gasteiger partial charge in [-0.1, -0.05) is 0 Å². The highest BCUT2D eigenvalue weighted by atomic mass is 16.1. The van der Waals surface area contributed by atoms with Gasteiger partial charge in [-0.05, 0) is 12.8 Å². The highest BCUT2D eigenvalue weighted by Gasteiger charge is 2.35. The van der Waals surface area contributed by atoms with Crippen molar-refractivity contribution in [1.29, 1.82) is 0 Å². The van der Waals surface area contributed by atoms with E-state index in [1.165, 1.54) is 0 Å². The van der Waals surface area contributed by atoms with Gasteiger partial charge in [0.2, 0.25) is 5.91 Å². The Morgan fingerprint density at radius 3 is 3.33 bits per heavy atom. The van der Waals surface area contributed by atoms with Crippen LogP contribution in [0.1, 0.15) is 12.8 Å². The van der Waals surface area contributed by atoms with Crippen LogP contribution in [0.2, 0.25) is 0 Å². The Balaban J connectivity index is 2.11. The van der Waals surface area contributed by atoms with Crippen LogP contribution in [0.3, 0.4) is 0 Å². The van der Waals surface area contributed by atoms with E-state index in [0.29, 0.717) is 0 Å². The number of nitrogens with one attached hydrogen (secondary N) is 1. The Labute approximate surface area is 70.6 Å². The van der Waals surface area contributed by atoms with Crippen LogP contribution in [0, 0.1) is 5.92 Å². The fourth-order valence-corrected chi connectivity index (χ4v) is 1.80. The number of rotatable bonds is 1. The number of hydrogen-bond donors (Lipinski definition) is 2. The summed E-state index contributed by atoms with van der Waals surface area (Å²) in [6, 6.07) is 0. The molecule has 2 rings (SSSR count). The minimum absolute atomic E-state index is 0.0104. The van der Waals surface area contributed by atoms with Gasteiger partial charge in [0.1, 0.15) is 12.5 Å². The molecule has 5 nitrogen and oxygen atoms in total. The van der Waals surface area contributed by atoms with Crippen LogP contribution in [0.15, 0.2) is 5.10 Å². The molecule has 3 N–H and O–H groups in total. The molecule has 1 amide bonds. The van der Waals surface area contributed by atoms with Crippen molar-refractivity contribution in [3.63, 3.8) is 0 Å². The van der Waals surface area contributed by atoms with Crippen LogP contribution in [0.25, 0.3) is 0 Å². The molecular weight excluding hydrogens is 156 g/mol. The average Bonchev–Trinajstić information content (AvgIpc) is 2.49. The summed E-state index contributed by atoms with van der Waals surface area (Å²) < 4.78 is 0. The maximum Gasteiger partial charge on any atom is 0.224 e. The molecule has 2 atom stereocenters. The van der Waals surface area contributed by atoms with Crippen LogP contribution in [-0.2, 0) is 4.79 Å². The SMILES string of the molecule is NC(=O)C1CCCN2C=NNC12. The molecule has 5 heteroatoms. The van der Waals surface area contributed by atoms with E-state index in [0.717, 1.165) is 19.4 Å². The summed E-state index contributed by atoms with van der Waals surface area (Å²) in [6.07, 6.45) is 3.63. The van der Waals surface area contributed by atoms with Gasteiger partial charge in [-0.25, -0.2) is 0 Å². The largest absolute Gasteiger partial charge is 0.369 e. The van der Waals surface area contributed by atoms with Gasteiger partial charge in [0.15, 0.2) is 0 Å². The number of hydrazone groups is 1. The first kappa shape index (κ1) is 7.39. The number of primary amides is 1. The molecule has 1 fully saturated rings. The lowest BCUT2D eigenvalue weighted by molar-refractivity contribution is -0.124. The topological polar surface area (TPSA) is 70.7 Å². The third-order valence-corrected chi connectivity index (χ3v) is 2.45. The van der Waals surface area contributed by atoms with E-state index in [-0.39, 0.29) is 18.0 Å². The van der Waals surface area contributed by atoms with E-state index >= 15 is 0 Å². The van der Waals surface area contributed by atoms with Crippen LogP contribution in [0.5, 0.6) is 0 Å². The summed E-state index contributed by atoms with van der Waals surface area (Å²) in [7, 11) is 0. The molecule has 0 aromatic rings. The lowest BCUT2D eigenvalue weighted by Gasteiger charge is -2.33. The highest BCUT2D eigenvalue weighted by molar-refractivity contribution is 5.78. The summed E-state index contributed by atoms with van der Waals surface area (Å²) in [5.74, 6) is -0.330. The van der Waals surface area contributed by atoms with E-state index in [9.17, 15) is 4.79 Å². The molecular formula is C7H12N4O. The normalized spacial score (nSPS) is 32.8. The predicted molar refractivity (Wildman–Crippen MR) is 44.0 cm³/mol. The van der Waals surface area contributed by atoms with Gasteiger partial charge >= 0.3 is 0 Å². The van der Waals surface area contributed by atoms with E-state index in [4.69, 9.17) is 5.73 Å². The summed E-state index contributed by atoms with van der Waals surface area (Å²) in [4.78, 5) is 13.0. The van der Waals surface area contributed by atoms with Gasteiger partial charge in [0, 0.05) is 6.54 Å². The van der Waals surface area contributed by atoms with Crippen molar-refractivity contribution in [2.45, 2.75) is 19.0 Å². The van der Waals surface area contributed by atoms with E-state index in [1.807, 2.05) is 4.90 Å². The lowest BCUT2D eigenvalue weighted by Crippen LogP contribution is -2.51. The van der Waals surface area contributed by atoms with Crippen molar-refractivity contribution < 1.29 is 4.79 Å². The Hall–Kier alpha value is -1.26. The van der Waals surface area contributed by atoms with Crippen molar-refractivity contribution in [2.75, 3.05) is 6.54 Å². The molecule has 0 aliphatic carbocycles. The van der Waals surface area contributed by atoms with Crippen molar-refractivity contribution in [3.8, 4) is 0 Å². The third kappa shape index (κ3) is 1.01. The van der Waals surface area contributed by atoms with Gasteiger partial charge in [0.25, 0.3) is 0 Å². The molecule has 1 saturated heterocycles. The molecule has 0 aromatic heterocycles. The second-order valence-corrected chi connectivity index (χ2v) is 3.21. The molecule has 66 valence electrons. The quantitative estimate of drug-likeness (QED) is 0.530. The van der Waals surface area contributed by atoms with Crippen molar-refractivity contribution >= 4 is 12.2 Å². The van der Waals surface area contributed by atoms with Gasteiger partial charge < -0.3 is 10.6 Å². The second kappa shape index (κ2) is 2.66. The van der Waals surface area contributed by atoms with Crippen LogP contribution < -0.4 is 11.2 Å². The molecule has 2 heterocycles. The van der Waals surface area contributed by atoms with Gasteiger partial charge in [-0.3, -0.25) is 10.2 Å². The molecule has 2 aliphatic heterocycles. The standard InChI is InChI=1S/C7H12N4O/c8-6(12)5-2-1-3-11-4-9-10-7(5)11/h4-5,7,10H,1-3H2,(H2,8,12). The number of carbonyl (C=O) groups excluding carboxylic acids is 1. The van der Waals surface area contributed by atoms with E-state index in [1.54, 1.807) is 6.34 Å². The molecule has 2 aliphatic rings. The van der Waals surface area contributed by atoms with E-state index in [2.05, 4.69) is 10.5 Å². The number of fused-ring (bicyclic) bond motifs is 1. The highest BCUT2D eigenvalue weighted by Crippen LogP contribution is 2.22. The fourth-order valence-electron chi connectivity index (χ4n) is 1.80. The minimum Gasteiger partial charge on any atom is -0.369 e. The monoisotopic (exact) mass is 168 g/mol. The van der Waals surface area contributed by atoms with Crippen LogP contribution in [0.4, 0.5) is 0 Å². The fraction of sp³-hybridized carbons (Fsp3) is 0.714. The number of hydrogen-bond acceptors (Lipinski definition) is 4. The Bertz CT molecular complexity index is 227. The number of nitrogens with two attached hydrogens (primary N) is 1. The number of amides is 1. The first-order chi connectivity index (χ1) is 5.79. The molecule has 0 saturated carbocycles. The van der Waals surface area contributed by atoms with Crippen molar-refractivity contribution in [1.82, 2.24) is 10.3 Å². The van der Waals surface area contributed by atoms with Crippen molar-refractivity contribution in [2.24, 2.45) is 16.8 Å². The van der Waals surface area contributed by atoms with Gasteiger partial charge in [0.05, 0.1) is 5.92 Å². The average molecular weight is 168 g/mol. The first-order valence-electron chi connectivity index (χ1n) is 4.13. The maximum absolute atomic E-state index is 11.0. The zero-order chi connectivity index (χ0) is 8.55. The second-order valence-electron chi connectivity index (χ2n) is 3.21. The first-order valence-corrected chi connectivity index (χ1v) is 4.13. The number of nitrogens with zero attached hydrogens (tertiary/aromatic N) is 2. The van der Waals surface area contributed by atoms with Gasteiger partial charge in [-0.2, -0.15) is 5.10 Å². The zero-order valence-corrected chi connectivity index (χ0v) is 6.73. The summed E-state index contributed by atoms with van der Waals surface area (Å²) in [5.41, 5.74) is 8.15. The van der Waals surface area contributed by atoms with E-state index < -0.39 is 0 Å². The Morgan fingerprint density at radius 1 is 1.75 bits per heavy atom. The smallest absolute Gasteiger partial charge is 0.224 e. The number of carbonyl (C=O) groups is 1. The summed E-state index contributed by atoms with van der Waals surface area (Å²) in [6.45, 7) is 0.963. The third-order valence-electron chi connectivity index (χ3n) is 2.45. The summed E-state index contributed by atoms with van der Waals surface area (Å²) >= 11 is 0. The molecule has 0 aromatic carbocycles. The van der Waals surface area contributed by atoms with Gasteiger partial charge in [-0.15, -0.1) is 0 Å².